The fourth-order valence-electron chi connectivity index (χ4n) is 3.27. The molecule has 0 amide bonds. The van der Waals surface area contributed by atoms with Crippen LogP contribution in [-0.2, 0) is 0 Å². The van der Waals surface area contributed by atoms with Gasteiger partial charge >= 0.3 is 5.97 Å². The molecule has 0 saturated heterocycles. The number of ether oxygens (including phenoxy) is 1. The number of rotatable bonds is 6. The van der Waals surface area contributed by atoms with Crippen molar-refractivity contribution in [3.63, 3.8) is 0 Å². The van der Waals surface area contributed by atoms with Crippen LogP contribution < -0.4 is 21.6 Å². The molecule has 6 N–H and O–H groups in total. The number of aromatic nitrogens is 2. The van der Waals surface area contributed by atoms with Gasteiger partial charge in [-0.3, -0.25) is 0 Å². The van der Waals surface area contributed by atoms with Crippen molar-refractivity contribution in [3.05, 3.63) is 83.7 Å². The number of amidine groups is 1. The minimum absolute atomic E-state index is 0.0685. The molecular weight excluding hydrogens is 396 g/mol. The number of hydrazone groups is 1. The SMILES string of the molecule is Cc1c(C(=O)O)cn2ncc(/C(N)=N\N)c(Nc3ccc(Oc4ccccc4)cc3)c12. The molecule has 0 atom stereocenters. The molecule has 9 heteroatoms. The Morgan fingerprint density at radius 3 is 2.42 bits per heavy atom. The van der Waals surface area contributed by atoms with Gasteiger partial charge in [0.25, 0.3) is 0 Å². The second-order valence-corrected chi connectivity index (χ2v) is 6.78. The van der Waals surface area contributed by atoms with Crippen LogP contribution in [0.3, 0.4) is 0 Å². The van der Waals surface area contributed by atoms with E-state index in [1.165, 1.54) is 16.9 Å². The zero-order valence-corrected chi connectivity index (χ0v) is 16.6. The van der Waals surface area contributed by atoms with Crippen molar-refractivity contribution < 1.29 is 14.6 Å². The smallest absolute Gasteiger partial charge is 0.337 e. The molecule has 2 aromatic heterocycles. The van der Waals surface area contributed by atoms with Gasteiger partial charge in [0, 0.05) is 11.9 Å². The number of hydrogen-bond donors (Lipinski definition) is 4. The first-order chi connectivity index (χ1) is 15.0. The molecule has 2 aromatic carbocycles. The maximum absolute atomic E-state index is 11.6. The van der Waals surface area contributed by atoms with Crippen molar-refractivity contribution in [2.45, 2.75) is 6.92 Å². The predicted molar refractivity (Wildman–Crippen MR) is 118 cm³/mol. The Morgan fingerprint density at radius 2 is 1.77 bits per heavy atom. The number of fused-ring (bicyclic) bond motifs is 1. The lowest BCUT2D eigenvalue weighted by Gasteiger charge is -2.14. The van der Waals surface area contributed by atoms with Crippen molar-refractivity contribution in [1.29, 1.82) is 0 Å². The van der Waals surface area contributed by atoms with Gasteiger partial charge in [0.2, 0.25) is 0 Å². The molecule has 0 unspecified atom stereocenters. The summed E-state index contributed by atoms with van der Waals surface area (Å²) in [5, 5.41) is 20.6. The number of benzene rings is 2. The minimum Gasteiger partial charge on any atom is -0.478 e. The van der Waals surface area contributed by atoms with Gasteiger partial charge in [-0.05, 0) is 48.9 Å². The van der Waals surface area contributed by atoms with Crippen LogP contribution in [0.2, 0.25) is 0 Å². The molecule has 31 heavy (non-hydrogen) atoms. The third-order valence-corrected chi connectivity index (χ3v) is 4.81. The van der Waals surface area contributed by atoms with Crippen molar-refractivity contribution >= 4 is 28.7 Å². The van der Waals surface area contributed by atoms with Crippen LogP contribution in [0.1, 0.15) is 21.5 Å². The van der Waals surface area contributed by atoms with Crippen molar-refractivity contribution in [2.24, 2.45) is 16.7 Å². The topological polar surface area (TPSA) is 140 Å². The lowest BCUT2D eigenvalue weighted by atomic mass is 10.1. The summed E-state index contributed by atoms with van der Waals surface area (Å²) >= 11 is 0. The van der Waals surface area contributed by atoms with E-state index in [-0.39, 0.29) is 11.4 Å². The predicted octanol–water partition coefficient (Wildman–Crippen LogP) is 3.46. The first-order valence-corrected chi connectivity index (χ1v) is 9.36. The van der Waals surface area contributed by atoms with Gasteiger partial charge in [-0.2, -0.15) is 10.2 Å². The second-order valence-electron chi connectivity index (χ2n) is 6.78. The van der Waals surface area contributed by atoms with Gasteiger partial charge in [-0.15, -0.1) is 0 Å². The van der Waals surface area contributed by atoms with Crippen LogP contribution in [0.25, 0.3) is 5.52 Å². The summed E-state index contributed by atoms with van der Waals surface area (Å²) in [4.78, 5) is 11.6. The van der Waals surface area contributed by atoms with E-state index in [1.807, 2.05) is 54.6 Å². The van der Waals surface area contributed by atoms with Crippen LogP contribution >= 0.6 is 0 Å². The highest BCUT2D eigenvalue weighted by atomic mass is 16.5. The number of para-hydroxylation sites is 1. The van der Waals surface area contributed by atoms with Crippen molar-refractivity contribution in [2.75, 3.05) is 5.32 Å². The number of hydrogen-bond acceptors (Lipinski definition) is 6. The molecule has 0 fully saturated rings. The zero-order chi connectivity index (χ0) is 22.0. The molecule has 4 rings (SSSR count). The highest BCUT2D eigenvalue weighted by Gasteiger charge is 2.20. The first kappa shape index (κ1) is 19.8. The van der Waals surface area contributed by atoms with Gasteiger partial charge in [-0.1, -0.05) is 18.2 Å². The summed E-state index contributed by atoms with van der Waals surface area (Å²) in [6.07, 6.45) is 2.94. The van der Waals surface area contributed by atoms with E-state index in [0.717, 1.165) is 11.4 Å². The third-order valence-electron chi connectivity index (χ3n) is 4.81. The molecule has 0 radical (unpaired) electrons. The number of nitrogens with two attached hydrogens (primary N) is 2. The molecule has 0 aliphatic rings. The quantitative estimate of drug-likeness (QED) is 0.163. The fourth-order valence-corrected chi connectivity index (χ4v) is 3.27. The number of carboxylic acid groups (broad SMARTS) is 1. The summed E-state index contributed by atoms with van der Waals surface area (Å²) in [6, 6.07) is 16.8. The number of aromatic carboxylic acids is 1. The molecule has 0 aliphatic heterocycles. The Labute approximate surface area is 177 Å². The Kier molecular flexibility index (Phi) is 5.15. The lowest BCUT2D eigenvalue weighted by Crippen LogP contribution is -2.18. The van der Waals surface area contributed by atoms with Crippen molar-refractivity contribution in [3.8, 4) is 11.5 Å². The maximum Gasteiger partial charge on any atom is 0.337 e. The van der Waals surface area contributed by atoms with E-state index in [1.54, 1.807) is 6.92 Å². The molecule has 0 bridgehead atoms. The number of nitrogens with one attached hydrogen (secondary N) is 1. The van der Waals surface area contributed by atoms with Gasteiger partial charge in [0.05, 0.1) is 28.5 Å². The Bertz CT molecular complexity index is 1280. The highest BCUT2D eigenvalue weighted by Crippen LogP contribution is 2.31. The number of aryl methyl sites for hydroxylation is 1. The average molecular weight is 416 g/mol. The highest BCUT2D eigenvalue weighted by molar-refractivity contribution is 6.07. The first-order valence-electron chi connectivity index (χ1n) is 9.36. The largest absolute Gasteiger partial charge is 0.478 e. The van der Waals surface area contributed by atoms with Crippen LogP contribution in [0, 0.1) is 6.92 Å². The average Bonchev–Trinajstić information content (AvgIpc) is 3.13. The summed E-state index contributed by atoms with van der Waals surface area (Å²) in [6.45, 7) is 1.71. The maximum atomic E-state index is 11.6. The van der Waals surface area contributed by atoms with E-state index in [4.69, 9.17) is 16.3 Å². The molecule has 2 heterocycles. The second kappa shape index (κ2) is 8.07. The van der Waals surface area contributed by atoms with Gasteiger partial charge in [-0.25, -0.2) is 9.31 Å². The lowest BCUT2D eigenvalue weighted by molar-refractivity contribution is 0.0696. The monoisotopic (exact) mass is 416 g/mol. The number of carbonyl (C=O) groups is 1. The Balaban J connectivity index is 1.73. The molecular formula is C22H20N6O3. The Hall–Kier alpha value is -4.53. The molecule has 156 valence electrons. The summed E-state index contributed by atoms with van der Waals surface area (Å²) in [5.41, 5.74) is 8.94. The van der Waals surface area contributed by atoms with E-state index in [9.17, 15) is 9.90 Å². The zero-order valence-electron chi connectivity index (χ0n) is 16.6. The molecule has 0 aliphatic carbocycles. The fraction of sp³-hybridized carbons (Fsp3) is 0.0455. The Morgan fingerprint density at radius 1 is 1.10 bits per heavy atom. The van der Waals surface area contributed by atoms with Gasteiger partial charge in [0.15, 0.2) is 5.84 Å². The minimum atomic E-state index is -1.04. The number of carboxylic acids is 1. The molecule has 0 spiro atoms. The van der Waals surface area contributed by atoms with Gasteiger partial charge in [0.1, 0.15) is 11.5 Å². The van der Waals surface area contributed by atoms with Gasteiger partial charge < -0.3 is 26.7 Å². The summed E-state index contributed by atoms with van der Waals surface area (Å²) in [5.74, 6) is 5.82. The normalized spacial score (nSPS) is 11.5. The molecule has 9 nitrogen and oxygen atoms in total. The van der Waals surface area contributed by atoms with Crippen LogP contribution in [0.4, 0.5) is 11.4 Å². The van der Waals surface area contributed by atoms with E-state index in [0.29, 0.717) is 28.1 Å². The van der Waals surface area contributed by atoms with Crippen LogP contribution in [-0.4, -0.2) is 26.5 Å². The number of anilines is 2. The number of nitrogens with zero attached hydrogens (tertiary/aromatic N) is 3. The standard InChI is InChI=1S/C22H20N6O3/c1-13-18(22(29)30)12-28-20(13)19(17(11-25-28)21(23)27-24)26-14-7-9-16(10-8-14)31-15-5-3-2-4-6-15/h2-12,26H,24H2,1H3,(H2,23,27)(H,29,30). The third kappa shape index (κ3) is 3.84. The van der Waals surface area contributed by atoms with E-state index >= 15 is 0 Å². The van der Waals surface area contributed by atoms with Crippen molar-refractivity contribution in [1.82, 2.24) is 9.61 Å². The molecule has 0 saturated carbocycles. The van der Waals surface area contributed by atoms with E-state index < -0.39 is 5.97 Å². The summed E-state index contributed by atoms with van der Waals surface area (Å²) in [7, 11) is 0. The van der Waals surface area contributed by atoms with Crippen LogP contribution in [0.15, 0.2) is 72.1 Å². The van der Waals surface area contributed by atoms with Crippen LogP contribution in [0.5, 0.6) is 11.5 Å². The summed E-state index contributed by atoms with van der Waals surface area (Å²) < 4.78 is 7.31. The van der Waals surface area contributed by atoms with E-state index in [2.05, 4.69) is 15.5 Å². The molecule has 4 aromatic rings.